The average molecular weight is 337 g/mol. The van der Waals surface area contributed by atoms with Crippen LogP contribution in [0, 0.1) is 5.82 Å². The number of hydrogen-bond acceptors (Lipinski definition) is 3. The lowest BCUT2D eigenvalue weighted by atomic mass is 10.1. The fourth-order valence-corrected chi connectivity index (χ4v) is 3.40. The first-order chi connectivity index (χ1) is 11.0. The molecule has 1 N–H and O–H groups in total. The van der Waals surface area contributed by atoms with Crippen LogP contribution in [0.4, 0.5) is 4.39 Å². The Labute approximate surface area is 136 Å². The average Bonchev–Trinajstić information content (AvgIpc) is 2.54. The van der Waals surface area contributed by atoms with Crippen molar-refractivity contribution in [3.63, 3.8) is 0 Å². The van der Waals surface area contributed by atoms with Crippen LogP contribution in [-0.2, 0) is 10.0 Å². The molecule has 0 amide bonds. The van der Waals surface area contributed by atoms with Crippen LogP contribution in [0.3, 0.4) is 0 Å². The maximum absolute atomic E-state index is 12.7. The maximum atomic E-state index is 12.7. The van der Waals surface area contributed by atoms with Gasteiger partial charge in [-0.25, -0.2) is 17.5 Å². The van der Waals surface area contributed by atoms with Crippen LogP contribution in [0.2, 0.25) is 0 Å². The van der Waals surface area contributed by atoms with Crippen LogP contribution in [0.15, 0.2) is 54.6 Å². The minimum Gasteiger partial charge on any atom is -0.494 e. The lowest BCUT2D eigenvalue weighted by Gasteiger charge is -2.14. The Morgan fingerprint density at radius 3 is 2.39 bits per heavy atom. The van der Waals surface area contributed by atoms with Crippen LogP contribution >= 0.6 is 0 Å². The van der Waals surface area contributed by atoms with Crippen molar-refractivity contribution in [1.29, 1.82) is 0 Å². The Morgan fingerprint density at radius 2 is 1.74 bits per heavy atom. The van der Waals surface area contributed by atoms with Crippen molar-refractivity contribution in [1.82, 2.24) is 4.72 Å². The van der Waals surface area contributed by atoms with Gasteiger partial charge in [0.2, 0.25) is 10.0 Å². The number of rotatable bonds is 8. The second-order valence-corrected chi connectivity index (χ2v) is 7.10. The van der Waals surface area contributed by atoms with Crippen molar-refractivity contribution >= 4 is 10.0 Å². The predicted octanol–water partition coefficient (Wildman–Crippen LogP) is 3.28. The highest BCUT2D eigenvalue weighted by atomic mass is 32.2. The summed E-state index contributed by atoms with van der Waals surface area (Å²) in [5.74, 6) is 0.166. The summed E-state index contributed by atoms with van der Waals surface area (Å²) in [6, 6.07) is 14.7. The summed E-state index contributed by atoms with van der Waals surface area (Å²) in [5.41, 5.74) is 0.915. The quantitative estimate of drug-likeness (QED) is 0.752. The number of nitrogens with one attached hydrogen (secondary N) is 1. The Balaban J connectivity index is 1.76. The maximum Gasteiger partial charge on any atom is 0.212 e. The van der Waals surface area contributed by atoms with Crippen LogP contribution in [0.1, 0.15) is 24.9 Å². The number of sulfonamides is 1. The first-order valence-electron chi connectivity index (χ1n) is 7.39. The molecule has 1 unspecified atom stereocenters. The molecule has 2 aromatic carbocycles. The zero-order valence-corrected chi connectivity index (χ0v) is 13.7. The molecule has 1 atom stereocenters. The van der Waals surface area contributed by atoms with Gasteiger partial charge in [-0.1, -0.05) is 30.3 Å². The monoisotopic (exact) mass is 337 g/mol. The number of benzene rings is 2. The summed E-state index contributed by atoms with van der Waals surface area (Å²) in [4.78, 5) is 0. The van der Waals surface area contributed by atoms with Gasteiger partial charge in [0.1, 0.15) is 11.6 Å². The molecule has 124 valence electrons. The fourth-order valence-electron chi connectivity index (χ4n) is 2.11. The first kappa shape index (κ1) is 17.4. The highest BCUT2D eigenvalue weighted by molar-refractivity contribution is 7.89. The third-order valence-corrected chi connectivity index (χ3v) is 4.83. The normalized spacial score (nSPS) is 12.8. The lowest BCUT2D eigenvalue weighted by molar-refractivity contribution is 0.317. The first-order valence-corrected chi connectivity index (χ1v) is 9.05. The van der Waals surface area contributed by atoms with Gasteiger partial charge in [-0.15, -0.1) is 0 Å². The SMILES string of the molecule is CC(NS(=O)(=O)CCCOc1ccc(F)cc1)c1ccccc1. The Kier molecular flexibility index (Phi) is 6.12. The lowest BCUT2D eigenvalue weighted by Crippen LogP contribution is -2.29. The van der Waals surface area contributed by atoms with Crippen LogP contribution in [-0.4, -0.2) is 20.8 Å². The van der Waals surface area contributed by atoms with Gasteiger partial charge in [-0.05, 0) is 43.2 Å². The van der Waals surface area contributed by atoms with Crippen molar-refractivity contribution in [3.8, 4) is 5.75 Å². The van der Waals surface area contributed by atoms with Gasteiger partial charge < -0.3 is 4.74 Å². The summed E-state index contributed by atoms with van der Waals surface area (Å²) in [5, 5.41) is 0. The van der Waals surface area contributed by atoms with Gasteiger partial charge >= 0.3 is 0 Å². The molecule has 0 aromatic heterocycles. The smallest absolute Gasteiger partial charge is 0.212 e. The molecule has 0 saturated carbocycles. The third-order valence-electron chi connectivity index (χ3n) is 3.30. The molecular weight excluding hydrogens is 317 g/mol. The van der Waals surface area contributed by atoms with Crippen molar-refractivity contribution < 1.29 is 17.5 Å². The minimum atomic E-state index is -3.38. The Bertz CT molecular complexity index is 702. The molecule has 0 spiro atoms. The molecule has 0 fully saturated rings. The van der Waals surface area contributed by atoms with Crippen LogP contribution in [0.25, 0.3) is 0 Å². The molecule has 0 aliphatic rings. The highest BCUT2D eigenvalue weighted by Crippen LogP contribution is 2.13. The number of hydrogen-bond donors (Lipinski definition) is 1. The standard InChI is InChI=1S/C17H20FNO3S/c1-14(15-6-3-2-4-7-15)19-23(20,21)13-5-12-22-17-10-8-16(18)9-11-17/h2-4,6-11,14,19H,5,12-13H2,1H3. The fraction of sp³-hybridized carbons (Fsp3) is 0.294. The molecule has 0 aliphatic carbocycles. The molecule has 0 bridgehead atoms. The summed E-state index contributed by atoms with van der Waals surface area (Å²) in [7, 11) is -3.38. The second-order valence-electron chi connectivity index (χ2n) is 5.23. The van der Waals surface area contributed by atoms with Crippen LogP contribution in [0.5, 0.6) is 5.75 Å². The molecule has 0 aliphatic heterocycles. The van der Waals surface area contributed by atoms with E-state index in [2.05, 4.69) is 4.72 Å². The molecule has 6 heteroatoms. The molecule has 4 nitrogen and oxygen atoms in total. The van der Waals surface area contributed by atoms with E-state index in [-0.39, 0.29) is 24.2 Å². The Hall–Kier alpha value is -1.92. The van der Waals surface area contributed by atoms with Gasteiger partial charge in [0.15, 0.2) is 0 Å². The number of ether oxygens (including phenoxy) is 1. The van der Waals surface area contributed by atoms with Gasteiger partial charge in [0, 0.05) is 6.04 Å². The number of halogens is 1. The van der Waals surface area contributed by atoms with E-state index in [1.807, 2.05) is 37.3 Å². The molecule has 23 heavy (non-hydrogen) atoms. The zero-order valence-electron chi connectivity index (χ0n) is 12.9. The van der Waals surface area contributed by atoms with Crippen molar-refractivity contribution in [2.24, 2.45) is 0 Å². The summed E-state index contributed by atoms with van der Waals surface area (Å²) >= 11 is 0. The van der Waals surface area contributed by atoms with E-state index in [0.717, 1.165) is 5.56 Å². The summed E-state index contributed by atoms with van der Waals surface area (Å²) in [6.07, 6.45) is 0.355. The highest BCUT2D eigenvalue weighted by Gasteiger charge is 2.15. The molecule has 2 aromatic rings. The zero-order chi connectivity index (χ0) is 16.7. The second kappa shape index (κ2) is 8.08. The van der Waals surface area contributed by atoms with Gasteiger partial charge in [-0.3, -0.25) is 0 Å². The van der Waals surface area contributed by atoms with Gasteiger partial charge in [-0.2, -0.15) is 0 Å². The molecule has 0 saturated heterocycles. The van der Waals surface area contributed by atoms with Gasteiger partial charge in [0.25, 0.3) is 0 Å². The largest absolute Gasteiger partial charge is 0.494 e. The summed E-state index contributed by atoms with van der Waals surface area (Å²) in [6.45, 7) is 2.06. The Morgan fingerprint density at radius 1 is 1.09 bits per heavy atom. The van der Waals surface area contributed by atoms with E-state index in [1.165, 1.54) is 24.3 Å². The molecule has 0 radical (unpaired) electrons. The van der Waals surface area contributed by atoms with Crippen molar-refractivity contribution in [3.05, 3.63) is 66.0 Å². The van der Waals surface area contributed by atoms with E-state index < -0.39 is 10.0 Å². The van der Waals surface area contributed by atoms with E-state index in [0.29, 0.717) is 12.2 Å². The molecule has 0 heterocycles. The van der Waals surface area contributed by atoms with E-state index in [1.54, 1.807) is 0 Å². The van der Waals surface area contributed by atoms with E-state index in [4.69, 9.17) is 4.74 Å². The summed E-state index contributed by atoms with van der Waals surface area (Å²) < 4.78 is 44.9. The van der Waals surface area contributed by atoms with E-state index in [9.17, 15) is 12.8 Å². The topological polar surface area (TPSA) is 55.4 Å². The predicted molar refractivity (Wildman–Crippen MR) is 88.3 cm³/mol. The minimum absolute atomic E-state index is 0.0225. The van der Waals surface area contributed by atoms with E-state index >= 15 is 0 Å². The molecule has 2 rings (SSSR count). The van der Waals surface area contributed by atoms with Crippen LogP contribution < -0.4 is 9.46 Å². The van der Waals surface area contributed by atoms with Crippen molar-refractivity contribution in [2.75, 3.05) is 12.4 Å². The van der Waals surface area contributed by atoms with Gasteiger partial charge in [0.05, 0.1) is 12.4 Å². The third kappa shape index (κ3) is 6.00. The molecular formula is C17H20FNO3S. The van der Waals surface area contributed by atoms with Crippen molar-refractivity contribution in [2.45, 2.75) is 19.4 Å².